The molecule has 0 atom stereocenters. The Morgan fingerprint density at radius 1 is 1.28 bits per heavy atom. The van der Waals surface area contributed by atoms with Crippen LogP contribution in [0.1, 0.15) is 28.8 Å². The van der Waals surface area contributed by atoms with Crippen LogP contribution in [0.4, 0.5) is 8.78 Å². The Morgan fingerprint density at radius 3 is 2.56 bits per heavy atom. The topological polar surface area (TPSA) is 66.4 Å². The minimum Gasteiger partial charge on any atom is -0.481 e. The summed E-state index contributed by atoms with van der Waals surface area (Å²) in [6.07, 6.45) is 0.175. The maximum Gasteiger partial charge on any atom is 0.303 e. The number of nitrogens with one attached hydrogen (secondary N) is 1. The van der Waals surface area contributed by atoms with Crippen molar-refractivity contribution >= 4 is 11.9 Å². The lowest BCUT2D eigenvalue weighted by Gasteiger charge is -2.07. The molecule has 1 aromatic rings. The third-order valence-corrected chi connectivity index (χ3v) is 2.35. The summed E-state index contributed by atoms with van der Waals surface area (Å²) in [5.74, 6) is -3.29. The van der Waals surface area contributed by atoms with Crippen molar-refractivity contribution in [3.05, 3.63) is 34.9 Å². The van der Waals surface area contributed by atoms with Crippen molar-refractivity contribution in [3.63, 3.8) is 0 Å². The predicted molar refractivity (Wildman–Crippen MR) is 60.3 cm³/mol. The molecule has 0 aliphatic rings. The zero-order chi connectivity index (χ0) is 13.7. The van der Waals surface area contributed by atoms with Gasteiger partial charge in [0, 0.05) is 19.0 Å². The molecule has 0 aromatic heterocycles. The van der Waals surface area contributed by atoms with Gasteiger partial charge in [-0.2, -0.15) is 0 Å². The van der Waals surface area contributed by atoms with Crippen LogP contribution >= 0.6 is 0 Å². The first-order valence-electron chi connectivity index (χ1n) is 5.37. The number of rotatable bonds is 5. The maximum absolute atomic E-state index is 13.3. The van der Waals surface area contributed by atoms with Gasteiger partial charge < -0.3 is 10.4 Å². The van der Waals surface area contributed by atoms with Gasteiger partial charge in [0.05, 0.1) is 5.56 Å². The summed E-state index contributed by atoms with van der Waals surface area (Å²) in [7, 11) is 0. The van der Waals surface area contributed by atoms with E-state index in [9.17, 15) is 18.4 Å². The number of carbonyl (C=O) groups excluding carboxylic acids is 1. The fourth-order valence-corrected chi connectivity index (χ4v) is 1.37. The van der Waals surface area contributed by atoms with Crippen LogP contribution in [0.5, 0.6) is 0 Å². The number of aryl methyl sites for hydroxylation is 1. The average molecular weight is 257 g/mol. The fraction of sp³-hybridized carbons (Fsp3) is 0.333. The third-order valence-electron chi connectivity index (χ3n) is 2.35. The van der Waals surface area contributed by atoms with Crippen molar-refractivity contribution in [2.24, 2.45) is 0 Å². The molecule has 1 rings (SSSR count). The molecule has 0 unspecified atom stereocenters. The van der Waals surface area contributed by atoms with E-state index in [1.165, 1.54) is 6.92 Å². The molecule has 6 heteroatoms. The zero-order valence-electron chi connectivity index (χ0n) is 9.80. The number of hydrogen-bond acceptors (Lipinski definition) is 2. The molecule has 0 aliphatic carbocycles. The molecule has 0 fully saturated rings. The Bertz CT molecular complexity index is 475. The number of carbonyl (C=O) groups is 2. The Labute approximate surface area is 103 Å². The van der Waals surface area contributed by atoms with Gasteiger partial charge in [0.15, 0.2) is 0 Å². The van der Waals surface area contributed by atoms with Gasteiger partial charge in [0.2, 0.25) is 0 Å². The summed E-state index contributed by atoms with van der Waals surface area (Å²) in [5.41, 5.74) is -0.0729. The number of carboxylic acids is 1. The van der Waals surface area contributed by atoms with Gasteiger partial charge in [-0.1, -0.05) is 0 Å². The van der Waals surface area contributed by atoms with E-state index >= 15 is 0 Å². The van der Waals surface area contributed by atoms with E-state index in [1.807, 2.05) is 0 Å². The van der Waals surface area contributed by atoms with E-state index in [2.05, 4.69) is 5.32 Å². The first-order valence-corrected chi connectivity index (χ1v) is 5.37. The second-order valence-corrected chi connectivity index (χ2v) is 3.83. The molecule has 1 aromatic carbocycles. The lowest BCUT2D eigenvalue weighted by molar-refractivity contribution is -0.137. The Morgan fingerprint density at radius 2 is 1.94 bits per heavy atom. The average Bonchev–Trinajstić information content (AvgIpc) is 2.28. The van der Waals surface area contributed by atoms with E-state index in [0.717, 1.165) is 6.07 Å². The third kappa shape index (κ3) is 3.80. The van der Waals surface area contributed by atoms with Crippen molar-refractivity contribution in [1.29, 1.82) is 0 Å². The van der Waals surface area contributed by atoms with Crippen LogP contribution in [0.15, 0.2) is 12.1 Å². The highest BCUT2D eigenvalue weighted by Crippen LogP contribution is 2.14. The highest BCUT2D eigenvalue weighted by molar-refractivity contribution is 5.94. The number of amides is 1. The SMILES string of the molecule is Cc1cc(C(=O)NCCCC(=O)O)c(F)cc1F. The molecule has 0 bridgehead atoms. The normalized spacial score (nSPS) is 10.2. The van der Waals surface area contributed by atoms with Crippen LogP contribution < -0.4 is 5.32 Å². The lowest BCUT2D eigenvalue weighted by atomic mass is 10.1. The van der Waals surface area contributed by atoms with E-state index in [0.29, 0.717) is 6.07 Å². The minimum absolute atomic E-state index is 0.0782. The second-order valence-electron chi connectivity index (χ2n) is 3.83. The van der Waals surface area contributed by atoms with Gasteiger partial charge in [-0.15, -0.1) is 0 Å². The van der Waals surface area contributed by atoms with E-state index < -0.39 is 23.5 Å². The molecule has 98 valence electrons. The van der Waals surface area contributed by atoms with Crippen LogP contribution in [0.25, 0.3) is 0 Å². The Balaban J connectivity index is 2.62. The lowest BCUT2D eigenvalue weighted by Crippen LogP contribution is -2.26. The van der Waals surface area contributed by atoms with Crippen LogP contribution in [0.3, 0.4) is 0 Å². The van der Waals surface area contributed by atoms with E-state index in [1.54, 1.807) is 0 Å². The molecule has 0 radical (unpaired) electrons. The summed E-state index contributed by atoms with van der Waals surface area (Å²) in [6.45, 7) is 1.55. The first kappa shape index (κ1) is 14.1. The first-order chi connectivity index (χ1) is 8.41. The molecule has 0 spiro atoms. The minimum atomic E-state index is -0.965. The van der Waals surface area contributed by atoms with Crippen molar-refractivity contribution in [2.75, 3.05) is 6.54 Å². The van der Waals surface area contributed by atoms with Gasteiger partial charge in [0.25, 0.3) is 5.91 Å². The molecule has 0 saturated carbocycles. The smallest absolute Gasteiger partial charge is 0.303 e. The second kappa shape index (κ2) is 6.09. The molecular weight excluding hydrogens is 244 g/mol. The molecule has 0 aliphatic heterocycles. The van der Waals surface area contributed by atoms with Crippen molar-refractivity contribution in [3.8, 4) is 0 Å². The largest absolute Gasteiger partial charge is 0.481 e. The van der Waals surface area contributed by atoms with Crippen molar-refractivity contribution < 1.29 is 23.5 Å². The molecule has 0 saturated heterocycles. The van der Waals surface area contributed by atoms with Gasteiger partial charge in [-0.25, -0.2) is 8.78 Å². The van der Waals surface area contributed by atoms with Gasteiger partial charge in [0.1, 0.15) is 11.6 Å². The Kier molecular flexibility index (Phi) is 4.76. The number of benzene rings is 1. The summed E-state index contributed by atoms with van der Waals surface area (Å²) in [4.78, 5) is 21.8. The molecular formula is C12H13F2NO3. The Hall–Kier alpha value is -1.98. The van der Waals surface area contributed by atoms with Gasteiger partial charge in [-0.3, -0.25) is 9.59 Å². The fourth-order valence-electron chi connectivity index (χ4n) is 1.37. The summed E-state index contributed by atoms with van der Waals surface area (Å²) in [5, 5.41) is 10.8. The molecule has 2 N–H and O–H groups in total. The molecule has 0 heterocycles. The highest BCUT2D eigenvalue weighted by Gasteiger charge is 2.14. The van der Waals surface area contributed by atoms with Crippen molar-refractivity contribution in [2.45, 2.75) is 19.8 Å². The molecule has 4 nitrogen and oxygen atoms in total. The summed E-state index contributed by atoms with van der Waals surface area (Å²) < 4.78 is 26.3. The van der Waals surface area contributed by atoms with Crippen LogP contribution in [0.2, 0.25) is 0 Å². The summed E-state index contributed by atoms with van der Waals surface area (Å²) >= 11 is 0. The number of hydrogen-bond donors (Lipinski definition) is 2. The molecule has 1 amide bonds. The number of halogens is 2. The monoisotopic (exact) mass is 257 g/mol. The molecule has 18 heavy (non-hydrogen) atoms. The van der Waals surface area contributed by atoms with Crippen LogP contribution in [-0.2, 0) is 4.79 Å². The van der Waals surface area contributed by atoms with E-state index in [-0.39, 0.29) is 30.5 Å². The summed E-state index contributed by atoms with van der Waals surface area (Å²) in [6, 6.07) is 1.78. The number of carboxylic acid groups (broad SMARTS) is 1. The van der Waals surface area contributed by atoms with Gasteiger partial charge >= 0.3 is 5.97 Å². The maximum atomic E-state index is 13.3. The quantitative estimate of drug-likeness (QED) is 0.791. The highest BCUT2D eigenvalue weighted by atomic mass is 19.1. The van der Waals surface area contributed by atoms with E-state index in [4.69, 9.17) is 5.11 Å². The van der Waals surface area contributed by atoms with Crippen LogP contribution in [0, 0.1) is 18.6 Å². The zero-order valence-corrected chi connectivity index (χ0v) is 9.80. The van der Waals surface area contributed by atoms with Crippen molar-refractivity contribution in [1.82, 2.24) is 5.32 Å². The number of aliphatic carboxylic acids is 1. The van der Waals surface area contributed by atoms with Gasteiger partial charge in [-0.05, 0) is 25.0 Å². The predicted octanol–water partition coefficient (Wildman–Crippen LogP) is 1.87. The standard InChI is InChI=1S/C12H13F2NO3/c1-7-5-8(10(14)6-9(7)13)12(18)15-4-2-3-11(16)17/h5-6H,2-4H2,1H3,(H,15,18)(H,16,17). The van der Waals surface area contributed by atoms with Crippen LogP contribution in [-0.4, -0.2) is 23.5 Å².